The number of aryl methyl sites for hydroxylation is 1. The second kappa shape index (κ2) is 3.27. The molecule has 0 atom stereocenters. The van der Waals surface area contributed by atoms with Gasteiger partial charge in [0.2, 0.25) is 0 Å². The molecule has 1 aromatic rings. The number of nitrogens with two attached hydrogens (primary N) is 1. The van der Waals surface area contributed by atoms with E-state index in [4.69, 9.17) is 5.73 Å². The van der Waals surface area contributed by atoms with Crippen molar-refractivity contribution < 1.29 is 8.78 Å². The highest BCUT2D eigenvalue weighted by molar-refractivity contribution is 5.33. The molecular weight excluding hydrogens is 196 g/mol. The van der Waals surface area contributed by atoms with Crippen LogP contribution in [0.3, 0.4) is 0 Å². The average molecular weight is 211 g/mol. The van der Waals surface area contributed by atoms with E-state index in [-0.39, 0.29) is 5.56 Å². The summed E-state index contributed by atoms with van der Waals surface area (Å²) in [6.45, 7) is 1.70. The smallest absolute Gasteiger partial charge is 0.291 e. The van der Waals surface area contributed by atoms with Gasteiger partial charge in [0.05, 0.1) is 5.54 Å². The van der Waals surface area contributed by atoms with Gasteiger partial charge >= 0.3 is 0 Å². The quantitative estimate of drug-likeness (QED) is 0.799. The minimum atomic E-state index is -2.91. The van der Waals surface area contributed by atoms with E-state index in [2.05, 4.69) is 0 Å². The maximum atomic E-state index is 14.1. The third-order valence-corrected chi connectivity index (χ3v) is 3.35. The van der Waals surface area contributed by atoms with Crippen molar-refractivity contribution in [3.8, 4) is 0 Å². The lowest BCUT2D eigenvalue weighted by Gasteiger charge is -2.44. The number of hydrogen-bond donors (Lipinski definition) is 1. The largest absolute Gasteiger partial charge is 0.320 e. The second-order valence-electron chi connectivity index (χ2n) is 4.40. The number of alkyl halides is 2. The third kappa shape index (κ3) is 1.46. The fourth-order valence-electron chi connectivity index (χ4n) is 2.07. The van der Waals surface area contributed by atoms with Gasteiger partial charge in [-0.25, -0.2) is 0 Å². The Morgan fingerprint density at radius 3 is 2.33 bits per heavy atom. The highest BCUT2D eigenvalue weighted by Crippen LogP contribution is 2.48. The lowest BCUT2D eigenvalue weighted by molar-refractivity contribution is -0.114. The molecule has 3 heteroatoms. The maximum absolute atomic E-state index is 14.1. The lowest BCUT2D eigenvalue weighted by atomic mass is 9.70. The standard InChI is InChI=1S/C12H15F2N/c1-9-5-2-3-6-10(9)12(13,14)11(15)7-4-8-11/h2-3,5-6H,4,7-8,15H2,1H3. The van der Waals surface area contributed by atoms with Crippen molar-refractivity contribution in [2.45, 2.75) is 37.6 Å². The van der Waals surface area contributed by atoms with Gasteiger partial charge in [-0.1, -0.05) is 24.3 Å². The van der Waals surface area contributed by atoms with E-state index in [0.717, 1.165) is 6.42 Å². The van der Waals surface area contributed by atoms with E-state index in [0.29, 0.717) is 18.4 Å². The molecule has 1 aromatic carbocycles. The molecular formula is C12H15F2N. The first-order valence-corrected chi connectivity index (χ1v) is 5.20. The van der Waals surface area contributed by atoms with Crippen LogP contribution < -0.4 is 5.73 Å². The molecule has 1 nitrogen and oxygen atoms in total. The van der Waals surface area contributed by atoms with Crippen LogP contribution in [0.4, 0.5) is 8.78 Å². The van der Waals surface area contributed by atoms with E-state index < -0.39 is 11.5 Å². The molecule has 0 amide bonds. The monoisotopic (exact) mass is 211 g/mol. The van der Waals surface area contributed by atoms with E-state index >= 15 is 0 Å². The fourth-order valence-corrected chi connectivity index (χ4v) is 2.07. The number of rotatable bonds is 2. The Balaban J connectivity index is 2.41. The van der Waals surface area contributed by atoms with Gasteiger partial charge in [-0.2, -0.15) is 8.78 Å². The Kier molecular flexibility index (Phi) is 2.30. The molecule has 0 unspecified atom stereocenters. The predicted octanol–water partition coefficient (Wildman–Crippen LogP) is 2.97. The van der Waals surface area contributed by atoms with Gasteiger partial charge in [0.1, 0.15) is 0 Å². The van der Waals surface area contributed by atoms with Crippen LogP contribution in [0.1, 0.15) is 30.4 Å². The highest BCUT2D eigenvalue weighted by atomic mass is 19.3. The minimum absolute atomic E-state index is 0.0761. The average Bonchev–Trinajstić information content (AvgIpc) is 2.14. The molecule has 2 rings (SSSR count). The molecule has 1 aliphatic rings. The van der Waals surface area contributed by atoms with Gasteiger partial charge < -0.3 is 5.73 Å². The Labute approximate surface area is 88.3 Å². The molecule has 0 aliphatic heterocycles. The summed E-state index contributed by atoms with van der Waals surface area (Å²) in [5.41, 5.74) is 5.10. The molecule has 0 aromatic heterocycles. The van der Waals surface area contributed by atoms with Crippen LogP contribution in [0.25, 0.3) is 0 Å². The summed E-state index contributed by atoms with van der Waals surface area (Å²) >= 11 is 0. The zero-order valence-corrected chi connectivity index (χ0v) is 8.76. The Bertz CT molecular complexity index is 370. The minimum Gasteiger partial charge on any atom is -0.320 e. The van der Waals surface area contributed by atoms with Crippen LogP contribution >= 0.6 is 0 Å². The summed E-state index contributed by atoms with van der Waals surface area (Å²) in [6.07, 6.45) is 1.63. The zero-order valence-electron chi connectivity index (χ0n) is 8.76. The van der Waals surface area contributed by atoms with E-state index in [9.17, 15) is 8.78 Å². The van der Waals surface area contributed by atoms with Gasteiger partial charge in [-0.05, 0) is 31.7 Å². The van der Waals surface area contributed by atoms with Gasteiger partial charge in [0.15, 0.2) is 0 Å². The van der Waals surface area contributed by atoms with Crippen LogP contribution in [0.5, 0.6) is 0 Å². The summed E-state index contributed by atoms with van der Waals surface area (Å²) in [5, 5.41) is 0. The molecule has 0 spiro atoms. The fraction of sp³-hybridized carbons (Fsp3) is 0.500. The van der Waals surface area contributed by atoms with Crippen molar-refractivity contribution in [2.75, 3.05) is 0 Å². The first kappa shape index (κ1) is 10.6. The van der Waals surface area contributed by atoms with Crippen molar-refractivity contribution in [3.05, 3.63) is 35.4 Å². The van der Waals surface area contributed by atoms with E-state index in [1.165, 1.54) is 6.07 Å². The molecule has 0 saturated heterocycles. The molecule has 1 aliphatic carbocycles. The SMILES string of the molecule is Cc1ccccc1C(F)(F)C1(N)CCC1. The van der Waals surface area contributed by atoms with Crippen LogP contribution in [-0.2, 0) is 5.92 Å². The van der Waals surface area contributed by atoms with Crippen LogP contribution in [0.15, 0.2) is 24.3 Å². The maximum Gasteiger partial charge on any atom is 0.291 e. The molecule has 0 bridgehead atoms. The Morgan fingerprint density at radius 1 is 1.27 bits per heavy atom. The van der Waals surface area contributed by atoms with Crippen molar-refractivity contribution >= 4 is 0 Å². The topological polar surface area (TPSA) is 26.0 Å². The van der Waals surface area contributed by atoms with Crippen LogP contribution in [0.2, 0.25) is 0 Å². The summed E-state index contributed by atoms with van der Waals surface area (Å²) in [7, 11) is 0. The van der Waals surface area contributed by atoms with Crippen molar-refractivity contribution in [1.82, 2.24) is 0 Å². The first-order chi connectivity index (χ1) is 6.97. The highest BCUT2D eigenvalue weighted by Gasteiger charge is 2.55. The Morgan fingerprint density at radius 2 is 1.87 bits per heavy atom. The summed E-state index contributed by atoms with van der Waals surface area (Å²) < 4.78 is 28.2. The predicted molar refractivity (Wildman–Crippen MR) is 55.8 cm³/mol. The molecule has 1 saturated carbocycles. The van der Waals surface area contributed by atoms with Crippen molar-refractivity contribution in [3.63, 3.8) is 0 Å². The van der Waals surface area contributed by atoms with Crippen LogP contribution in [-0.4, -0.2) is 5.54 Å². The lowest BCUT2D eigenvalue weighted by Crippen LogP contribution is -2.58. The number of benzene rings is 1. The zero-order chi connectivity index (χ0) is 11.1. The summed E-state index contributed by atoms with van der Waals surface area (Å²) in [6, 6.07) is 6.57. The number of halogens is 2. The first-order valence-electron chi connectivity index (χ1n) is 5.20. The van der Waals surface area contributed by atoms with Gasteiger partial charge in [0.25, 0.3) is 5.92 Å². The normalized spacial score (nSPS) is 19.7. The molecule has 82 valence electrons. The van der Waals surface area contributed by atoms with Gasteiger partial charge in [-0.3, -0.25) is 0 Å². The summed E-state index contributed by atoms with van der Waals surface area (Å²) in [4.78, 5) is 0. The molecule has 2 N–H and O–H groups in total. The number of hydrogen-bond acceptors (Lipinski definition) is 1. The van der Waals surface area contributed by atoms with Gasteiger partial charge in [-0.15, -0.1) is 0 Å². The Hall–Kier alpha value is -0.960. The molecule has 0 heterocycles. The second-order valence-corrected chi connectivity index (χ2v) is 4.40. The molecule has 15 heavy (non-hydrogen) atoms. The third-order valence-electron chi connectivity index (χ3n) is 3.35. The molecule has 0 radical (unpaired) electrons. The van der Waals surface area contributed by atoms with Crippen LogP contribution in [0, 0.1) is 6.92 Å². The molecule has 1 fully saturated rings. The van der Waals surface area contributed by atoms with Crippen molar-refractivity contribution in [1.29, 1.82) is 0 Å². The van der Waals surface area contributed by atoms with Gasteiger partial charge in [0, 0.05) is 5.56 Å². The summed E-state index contributed by atoms with van der Waals surface area (Å²) in [5.74, 6) is -2.91. The van der Waals surface area contributed by atoms with Crippen molar-refractivity contribution in [2.24, 2.45) is 5.73 Å². The van der Waals surface area contributed by atoms with E-state index in [1.807, 2.05) is 0 Å². The van der Waals surface area contributed by atoms with E-state index in [1.54, 1.807) is 25.1 Å².